The molecule has 28 heavy (non-hydrogen) atoms. The zero-order valence-corrected chi connectivity index (χ0v) is 16.4. The molecule has 3 aromatic rings. The Balaban J connectivity index is 1.68. The van der Waals surface area contributed by atoms with E-state index in [-0.39, 0.29) is 5.91 Å². The smallest absolute Gasteiger partial charge is 0.254 e. The van der Waals surface area contributed by atoms with E-state index >= 15 is 0 Å². The molecule has 0 saturated heterocycles. The largest absolute Gasteiger partial charge is 0.493 e. The van der Waals surface area contributed by atoms with Gasteiger partial charge >= 0.3 is 0 Å². The Morgan fingerprint density at radius 3 is 2.61 bits per heavy atom. The fourth-order valence-electron chi connectivity index (χ4n) is 3.57. The van der Waals surface area contributed by atoms with Gasteiger partial charge in [0.15, 0.2) is 11.5 Å². The first-order valence-corrected chi connectivity index (χ1v) is 9.47. The number of nitrogens with zero attached hydrogens (tertiary/aromatic N) is 2. The van der Waals surface area contributed by atoms with Crippen LogP contribution in [0.15, 0.2) is 48.5 Å². The van der Waals surface area contributed by atoms with Gasteiger partial charge in [0.25, 0.3) is 5.91 Å². The van der Waals surface area contributed by atoms with Gasteiger partial charge in [-0.15, -0.1) is 0 Å². The quantitative estimate of drug-likeness (QED) is 0.640. The number of carbonyl (C=O) groups excluding carboxylic acids is 1. The minimum Gasteiger partial charge on any atom is -0.493 e. The number of pyridine rings is 1. The third-order valence-corrected chi connectivity index (χ3v) is 5.20. The van der Waals surface area contributed by atoms with Crippen LogP contribution in [0.25, 0.3) is 10.9 Å². The van der Waals surface area contributed by atoms with Crippen molar-refractivity contribution in [2.75, 3.05) is 21.3 Å². The number of hydrogen-bond donors (Lipinski definition) is 0. The Bertz CT molecular complexity index is 1030. The van der Waals surface area contributed by atoms with Gasteiger partial charge in [-0.05, 0) is 31.0 Å². The minimum absolute atomic E-state index is 0.0228. The summed E-state index contributed by atoms with van der Waals surface area (Å²) in [6.07, 6.45) is 2.30. The van der Waals surface area contributed by atoms with E-state index in [0.29, 0.717) is 29.5 Å². The third-order valence-electron chi connectivity index (χ3n) is 5.20. The Morgan fingerprint density at radius 2 is 1.89 bits per heavy atom. The Labute approximate surface area is 164 Å². The van der Waals surface area contributed by atoms with Gasteiger partial charge in [-0.2, -0.15) is 0 Å². The van der Waals surface area contributed by atoms with Crippen LogP contribution < -0.4 is 9.47 Å². The molecule has 0 bridgehead atoms. The second-order valence-corrected chi connectivity index (χ2v) is 7.20. The average molecular weight is 376 g/mol. The van der Waals surface area contributed by atoms with Gasteiger partial charge in [-0.1, -0.05) is 30.3 Å². The first kappa shape index (κ1) is 18.3. The monoisotopic (exact) mass is 376 g/mol. The highest BCUT2D eigenvalue weighted by atomic mass is 16.5. The van der Waals surface area contributed by atoms with E-state index in [0.717, 1.165) is 35.0 Å². The molecule has 5 nitrogen and oxygen atoms in total. The molecule has 1 aromatic heterocycles. The van der Waals surface area contributed by atoms with Crippen molar-refractivity contribution >= 4 is 16.8 Å². The maximum atomic E-state index is 13.3. The third kappa shape index (κ3) is 3.40. The fraction of sp³-hybridized carbons (Fsp3) is 0.304. The van der Waals surface area contributed by atoms with Gasteiger partial charge in [-0.3, -0.25) is 9.78 Å². The normalized spacial score (nSPS) is 13.4. The molecule has 1 aliphatic carbocycles. The molecule has 144 valence electrons. The molecular weight excluding hydrogens is 352 g/mol. The topological polar surface area (TPSA) is 51.7 Å². The summed E-state index contributed by atoms with van der Waals surface area (Å²) in [6, 6.07) is 15.5. The van der Waals surface area contributed by atoms with Crippen molar-refractivity contribution < 1.29 is 14.3 Å². The lowest BCUT2D eigenvalue weighted by atomic mass is 10.0. The number of carbonyl (C=O) groups is 1. The van der Waals surface area contributed by atoms with Crippen molar-refractivity contribution in [1.82, 2.24) is 9.88 Å². The highest BCUT2D eigenvalue weighted by Crippen LogP contribution is 2.40. The fourth-order valence-corrected chi connectivity index (χ4v) is 3.57. The molecular formula is C23H24N2O3. The lowest BCUT2D eigenvalue weighted by Gasteiger charge is -2.21. The van der Waals surface area contributed by atoms with Crippen molar-refractivity contribution in [2.24, 2.45) is 0 Å². The number of amides is 1. The van der Waals surface area contributed by atoms with Gasteiger partial charge < -0.3 is 14.4 Å². The summed E-state index contributed by atoms with van der Waals surface area (Å²) in [4.78, 5) is 19.8. The highest BCUT2D eigenvalue weighted by molar-refractivity contribution is 6.06. The van der Waals surface area contributed by atoms with Crippen LogP contribution in [-0.4, -0.2) is 37.1 Å². The summed E-state index contributed by atoms with van der Waals surface area (Å²) in [5.74, 6) is 1.78. The molecule has 1 heterocycles. The summed E-state index contributed by atoms with van der Waals surface area (Å²) >= 11 is 0. The number of methoxy groups -OCH3 is 2. The van der Waals surface area contributed by atoms with Crippen LogP contribution in [0.1, 0.15) is 40.4 Å². The Kier molecular flexibility index (Phi) is 4.90. The molecule has 0 N–H and O–H groups in total. The van der Waals surface area contributed by atoms with Gasteiger partial charge in [-0.25, -0.2) is 0 Å². The van der Waals surface area contributed by atoms with E-state index in [4.69, 9.17) is 14.5 Å². The zero-order valence-electron chi connectivity index (χ0n) is 16.4. The molecule has 1 saturated carbocycles. The molecule has 0 radical (unpaired) electrons. The molecule has 1 aliphatic rings. The Morgan fingerprint density at radius 1 is 1.11 bits per heavy atom. The molecule has 0 unspecified atom stereocenters. The molecule has 0 spiro atoms. The number of aromatic nitrogens is 1. The zero-order chi connectivity index (χ0) is 19.7. The summed E-state index contributed by atoms with van der Waals surface area (Å²) in [5, 5.41) is 0.890. The van der Waals surface area contributed by atoms with Crippen molar-refractivity contribution in [1.29, 1.82) is 0 Å². The van der Waals surface area contributed by atoms with Gasteiger partial charge in [0, 0.05) is 36.2 Å². The Hall–Kier alpha value is -3.08. The van der Waals surface area contributed by atoms with Gasteiger partial charge in [0.05, 0.1) is 25.3 Å². The summed E-state index contributed by atoms with van der Waals surface area (Å²) in [6.45, 7) is 0.425. The SMILES string of the molecule is COc1cccc(CN(C)C(=O)c2cc(C3CC3)nc3ccccc23)c1OC. The van der Waals surface area contributed by atoms with E-state index in [1.165, 1.54) is 0 Å². The number of benzene rings is 2. The van der Waals surface area contributed by atoms with Gasteiger partial charge in [0.2, 0.25) is 0 Å². The van der Waals surface area contributed by atoms with Crippen molar-refractivity contribution in [3.8, 4) is 11.5 Å². The number of ether oxygens (including phenoxy) is 2. The molecule has 2 aromatic carbocycles. The second-order valence-electron chi connectivity index (χ2n) is 7.20. The molecule has 1 amide bonds. The molecule has 0 atom stereocenters. The van der Waals surface area contributed by atoms with Crippen LogP contribution in [0.4, 0.5) is 0 Å². The number of hydrogen-bond acceptors (Lipinski definition) is 4. The first-order valence-electron chi connectivity index (χ1n) is 9.47. The van der Waals surface area contributed by atoms with E-state index in [2.05, 4.69) is 0 Å². The molecule has 0 aliphatic heterocycles. The number of para-hydroxylation sites is 2. The van der Waals surface area contributed by atoms with E-state index in [1.807, 2.05) is 55.6 Å². The first-order chi connectivity index (χ1) is 13.6. The summed E-state index contributed by atoms with van der Waals surface area (Å²) in [5.41, 5.74) is 3.51. The summed E-state index contributed by atoms with van der Waals surface area (Å²) < 4.78 is 10.9. The number of fused-ring (bicyclic) bond motifs is 1. The van der Waals surface area contributed by atoms with E-state index in [1.54, 1.807) is 19.1 Å². The predicted molar refractivity (Wildman–Crippen MR) is 109 cm³/mol. The molecule has 5 heteroatoms. The van der Waals surface area contributed by atoms with Crippen LogP contribution >= 0.6 is 0 Å². The average Bonchev–Trinajstić information content (AvgIpc) is 3.57. The van der Waals surface area contributed by atoms with Crippen LogP contribution in [0.2, 0.25) is 0 Å². The van der Waals surface area contributed by atoms with E-state index < -0.39 is 0 Å². The standard InChI is InChI=1S/C23H24N2O3/c1-25(14-16-7-6-10-21(27-2)22(16)28-3)23(26)18-13-20(15-11-12-15)24-19-9-5-4-8-17(18)19/h4-10,13,15H,11-12,14H2,1-3H3. The maximum Gasteiger partial charge on any atom is 0.254 e. The van der Waals surface area contributed by atoms with Crippen LogP contribution in [-0.2, 0) is 6.54 Å². The van der Waals surface area contributed by atoms with E-state index in [9.17, 15) is 4.79 Å². The lowest BCUT2D eigenvalue weighted by Crippen LogP contribution is -2.27. The maximum absolute atomic E-state index is 13.3. The van der Waals surface area contributed by atoms with Gasteiger partial charge in [0.1, 0.15) is 0 Å². The van der Waals surface area contributed by atoms with Crippen LogP contribution in [0, 0.1) is 0 Å². The lowest BCUT2D eigenvalue weighted by molar-refractivity contribution is 0.0785. The van der Waals surface area contributed by atoms with Crippen molar-refractivity contribution in [3.05, 3.63) is 65.4 Å². The molecule has 1 fully saturated rings. The highest BCUT2D eigenvalue weighted by Gasteiger charge is 2.27. The van der Waals surface area contributed by atoms with Crippen molar-refractivity contribution in [3.63, 3.8) is 0 Å². The van der Waals surface area contributed by atoms with Crippen LogP contribution in [0.5, 0.6) is 11.5 Å². The predicted octanol–water partition coefficient (Wildman–Crippen LogP) is 4.40. The van der Waals surface area contributed by atoms with Crippen molar-refractivity contribution in [2.45, 2.75) is 25.3 Å². The molecule has 4 rings (SSSR count). The van der Waals surface area contributed by atoms with Crippen LogP contribution in [0.3, 0.4) is 0 Å². The second kappa shape index (κ2) is 7.50. The minimum atomic E-state index is -0.0228. The number of rotatable bonds is 6. The summed E-state index contributed by atoms with van der Waals surface area (Å²) in [7, 11) is 5.04.